The second-order valence-corrected chi connectivity index (χ2v) is 7.55. The topological polar surface area (TPSA) is 45.2 Å². The summed E-state index contributed by atoms with van der Waals surface area (Å²) in [5, 5.41) is 6.88. The Kier molecular flexibility index (Phi) is 7.21. The molecule has 0 aliphatic heterocycles. The van der Waals surface area contributed by atoms with Crippen LogP contribution in [0.5, 0.6) is 0 Å². The molecule has 4 nitrogen and oxygen atoms in total. The van der Waals surface area contributed by atoms with Crippen LogP contribution in [0.25, 0.3) is 0 Å². The number of nitrogens with zero attached hydrogens (tertiary/aromatic N) is 2. The highest BCUT2D eigenvalue weighted by molar-refractivity contribution is 7.09. The molecule has 0 aliphatic rings. The second kappa shape index (κ2) is 9.16. The third-order valence-corrected chi connectivity index (χ3v) is 5.02. The summed E-state index contributed by atoms with van der Waals surface area (Å²) in [6.07, 6.45) is 0.470. The molecule has 1 aromatic carbocycles. The number of nitrogens with one attached hydrogen (secondary N) is 1. The number of halogens is 1. The molecule has 0 saturated carbocycles. The van der Waals surface area contributed by atoms with Crippen molar-refractivity contribution in [3.63, 3.8) is 0 Å². The van der Waals surface area contributed by atoms with Crippen molar-refractivity contribution in [3.8, 4) is 0 Å². The van der Waals surface area contributed by atoms with Crippen LogP contribution in [0.2, 0.25) is 5.02 Å². The number of hydrogen-bond donors (Lipinski definition) is 1. The van der Waals surface area contributed by atoms with Gasteiger partial charge in [0, 0.05) is 42.4 Å². The van der Waals surface area contributed by atoms with Crippen LogP contribution in [0.15, 0.2) is 29.6 Å². The molecule has 0 fully saturated rings. The first-order chi connectivity index (χ1) is 11.4. The van der Waals surface area contributed by atoms with E-state index in [0.29, 0.717) is 30.5 Å². The Bertz CT molecular complexity index is 672. The van der Waals surface area contributed by atoms with Gasteiger partial charge in [0.15, 0.2) is 0 Å². The first-order valence-corrected chi connectivity index (χ1v) is 9.34. The molecule has 0 radical (unpaired) electrons. The summed E-state index contributed by atoms with van der Waals surface area (Å²) in [7, 11) is 2.01. The zero-order valence-electron chi connectivity index (χ0n) is 14.4. The molecule has 0 atom stereocenters. The van der Waals surface area contributed by atoms with Crippen molar-refractivity contribution >= 4 is 28.8 Å². The number of hydrogen-bond acceptors (Lipinski definition) is 4. The Labute approximate surface area is 152 Å². The molecule has 1 N–H and O–H groups in total. The van der Waals surface area contributed by atoms with Gasteiger partial charge in [-0.2, -0.15) is 0 Å². The fraction of sp³-hybridized carbons (Fsp3) is 0.444. The van der Waals surface area contributed by atoms with Crippen LogP contribution in [0.1, 0.15) is 42.5 Å². The van der Waals surface area contributed by atoms with Crippen molar-refractivity contribution in [1.82, 2.24) is 15.2 Å². The number of thiazole rings is 1. The molecule has 1 aromatic heterocycles. The maximum atomic E-state index is 12.0. The Hall–Kier alpha value is -1.43. The summed E-state index contributed by atoms with van der Waals surface area (Å²) in [5.41, 5.74) is 2.08. The predicted octanol–water partition coefficient (Wildman–Crippen LogP) is 4.06. The molecule has 2 aromatic rings. The summed E-state index contributed by atoms with van der Waals surface area (Å²) < 4.78 is 0. The van der Waals surface area contributed by atoms with Gasteiger partial charge < -0.3 is 10.2 Å². The first-order valence-electron chi connectivity index (χ1n) is 8.08. The average Bonchev–Trinajstić information content (AvgIpc) is 3.00. The number of amides is 1. The summed E-state index contributed by atoms with van der Waals surface area (Å²) in [4.78, 5) is 18.7. The predicted molar refractivity (Wildman–Crippen MR) is 100 cm³/mol. The van der Waals surface area contributed by atoms with Crippen LogP contribution in [0.4, 0.5) is 0 Å². The molecule has 0 aliphatic carbocycles. The average molecular weight is 366 g/mol. The van der Waals surface area contributed by atoms with E-state index in [1.807, 2.05) is 31.3 Å². The minimum atomic E-state index is 0.0444. The van der Waals surface area contributed by atoms with E-state index in [9.17, 15) is 4.79 Å². The van der Waals surface area contributed by atoms with Gasteiger partial charge in [0.2, 0.25) is 5.91 Å². The van der Waals surface area contributed by atoms with Crippen LogP contribution < -0.4 is 5.32 Å². The highest BCUT2D eigenvalue weighted by Crippen LogP contribution is 2.19. The fourth-order valence-corrected chi connectivity index (χ4v) is 3.28. The van der Waals surface area contributed by atoms with Crippen molar-refractivity contribution in [2.45, 2.75) is 39.3 Å². The zero-order chi connectivity index (χ0) is 17.5. The third-order valence-electron chi connectivity index (χ3n) is 3.59. The van der Waals surface area contributed by atoms with Gasteiger partial charge in [0.1, 0.15) is 0 Å². The van der Waals surface area contributed by atoms with Gasteiger partial charge in [-0.15, -0.1) is 11.3 Å². The van der Waals surface area contributed by atoms with E-state index in [1.54, 1.807) is 11.3 Å². The maximum Gasteiger partial charge on any atom is 0.221 e. The lowest BCUT2D eigenvalue weighted by atomic mass is 10.2. The van der Waals surface area contributed by atoms with E-state index in [-0.39, 0.29) is 5.91 Å². The minimum absolute atomic E-state index is 0.0444. The van der Waals surface area contributed by atoms with E-state index in [4.69, 9.17) is 11.6 Å². The zero-order valence-corrected chi connectivity index (χ0v) is 16.0. The molecular weight excluding hydrogens is 342 g/mol. The standard InChI is InChI=1S/C18H24ClN3OS/c1-13(2)18-21-16(12-24-18)11-22(3)8-7-17(23)20-10-14-5-4-6-15(19)9-14/h4-6,9,12-13H,7-8,10-11H2,1-3H3,(H,20,23). The monoisotopic (exact) mass is 365 g/mol. The molecule has 0 bridgehead atoms. The molecule has 130 valence electrons. The molecule has 0 spiro atoms. The van der Waals surface area contributed by atoms with Gasteiger partial charge in [-0.05, 0) is 24.7 Å². The quantitative estimate of drug-likeness (QED) is 0.767. The summed E-state index contributed by atoms with van der Waals surface area (Å²) in [6.45, 7) is 6.28. The minimum Gasteiger partial charge on any atom is -0.352 e. The van der Waals surface area contributed by atoms with Gasteiger partial charge >= 0.3 is 0 Å². The number of rotatable bonds is 8. The molecule has 1 heterocycles. The van der Waals surface area contributed by atoms with Crippen LogP contribution in [0.3, 0.4) is 0 Å². The Morgan fingerprint density at radius 1 is 1.42 bits per heavy atom. The molecule has 6 heteroatoms. The van der Waals surface area contributed by atoms with Gasteiger partial charge in [0.05, 0.1) is 10.7 Å². The Balaban J connectivity index is 1.70. The highest BCUT2D eigenvalue weighted by atomic mass is 35.5. The van der Waals surface area contributed by atoms with Crippen molar-refractivity contribution < 1.29 is 4.79 Å². The molecule has 24 heavy (non-hydrogen) atoms. The van der Waals surface area contributed by atoms with Crippen molar-refractivity contribution in [3.05, 3.63) is 50.9 Å². The molecule has 2 rings (SSSR count). The normalized spacial score (nSPS) is 11.2. The van der Waals surface area contributed by atoms with Gasteiger partial charge in [-0.25, -0.2) is 4.98 Å². The van der Waals surface area contributed by atoms with Crippen molar-refractivity contribution in [2.24, 2.45) is 0 Å². The van der Waals surface area contributed by atoms with Crippen LogP contribution in [-0.2, 0) is 17.9 Å². The van der Waals surface area contributed by atoms with Crippen LogP contribution >= 0.6 is 22.9 Å². The van der Waals surface area contributed by atoms with Gasteiger partial charge in [0.25, 0.3) is 0 Å². The number of benzene rings is 1. The van der Waals surface area contributed by atoms with E-state index in [1.165, 1.54) is 0 Å². The number of aromatic nitrogens is 1. The van der Waals surface area contributed by atoms with Gasteiger partial charge in [-0.3, -0.25) is 4.79 Å². The number of carbonyl (C=O) groups is 1. The van der Waals surface area contributed by atoms with E-state index < -0.39 is 0 Å². The second-order valence-electron chi connectivity index (χ2n) is 6.23. The molecule has 1 amide bonds. The summed E-state index contributed by atoms with van der Waals surface area (Å²) in [5.74, 6) is 0.509. The Morgan fingerprint density at radius 2 is 2.21 bits per heavy atom. The Morgan fingerprint density at radius 3 is 2.88 bits per heavy atom. The maximum absolute atomic E-state index is 12.0. The SMILES string of the molecule is CC(C)c1nc(CN(C)CCC(=O)NCc2cccc(Cl)c2)cs1. The molecule has 0 unspecified atom stereocenters. The lowest BCUT2D eigenvalue weighted by molar-refractivity contribution is -0.121. The largest absolute Gasteiger partial charge is 0.352 e. The first kappa shape index (κ1) is 18.9. The lowest BCUT2D eigenvalue weighted by Gasteiger charge is -2.15. The fourth-order valence-electron chi connectivity index (χ4n) is 2.24. The van der Waals surface area contributed by atoms with Crippen molar-refractivity contribution in [1.29, 1.82) is 0 Å². The highest BCUT2D eigenvalue weighted by Gasteiger charge is 2.09. The lowest BCUT2D eigenvalue weighted by Crippen LogP contribution is -2.28. The smallest absolute Gasteiger partial charge is 0.221 e. The number of carbonyl (C=O) groups excluding carboxylic acids is 1. The van der Waals surface area contributed by atoms with Crippen LogP contribution in [0, 0.1) is 0 Å². The van der Waals surface area contributed by atoms with E-state index >= 15 is 0 Å². The van der Waals surface area contributed by atoms with E-state index in [0.717, 1.165) is 22.8 Å². The summed E-state index contributed by atoms with van der Waals surface area (Å²) in [6, 6.07) is 7.53. The van der Waals surface area contributed by atoms with Crippen molar-refractivity contribution in [2.75, 3.05) is 13.6 Å². The summed E-state index contributed by atoms with van der Waals surface area (Å²) >= 11 is 7.64. The molecule has 0 saturated heterocycles. The third kappa shape index (κ3) is 6.23. The van der Waals surface area contributed by atoms with Crippen LogP contribution in [-0.4, -0.2) is 29.4 Å². The van der Waals surface area contributed by atoms with Gasteiger partial charge in [-0.1, -0.05) is 37.6 Å². The van der Waals surface area contributed by atoms with E-state index in [2.05, 4.69) is 34.4 Å². The molecular formula is C18H24ClN3OS.